The fourth-order valence-electron chi connectivity index (χ4n) is 1.07. The van der Waals surface area contributed by atoms with E-state index in [2.05, 4.69) is 18.8 Å². The largest absolute Gasteiger partial charge is 0.280 e. The van der Waals surface area contributed by atoms with Gasteiger partial charge in [0.25, 0.3) is 6.43 Å². The third-order valence-corrected chi connectivity index (χ3v) is 2.21. The van der Waals surface area contributed by atoms with Crippen LogP contribution >= 0.6 is 0 Å². The number of aromatic nitrogens is 1. The van der Waals surface area contributed by atoms with Gasteiger partial charge >= 0.3 is 0 Å². The molecule has 72 valence electrons. The van der Waals surface area contributed by atoms with Crippen molar-refractivity contribution in [3.8, 4) is 0 Å². The zero-order valence-corrected chi connectivity index (χ0v) is 7.80. The summed E-state index contributed by atoms with van der Waals surface area (Å²) >= 11 is 0. The molecule has 1 unspecified atom stereocenters. The van der Waals surface area contributed by atoms with E-state index in [1.54, 1.807) is 6.07 Å². The maximum absolute atomic E-state index is 12.1. The molecular formula is C10H13F2N. The summed E-state index contributed by atoms with van der Waals surface area (Å²) in [5.41, 5.74) is 0.874. The molecule has 13 heavy (non-hydrogen) atoms. The lowest BCUT2D eigenvalue weighted by Crippen LogP contribution is -1.95. The van der Waals surface area contributed by atoms with Crippen LogP contribution in [0.15, 0.2) is 18.3 Å². The summed E-state index contributed by atoms with van der Waals surface area (Å²) in [7, 11) is 0. The monoisotopic (exact) mass is 185 g/mol. The molecule has 1 heterocycles. The van der Waals surface area contributed by atoms with E-state index in [9.17, 15) is 8.78 Å². The van der Waals surface area contributed by atoms with E-state index in [-0.39, 0.29) is 5.69 Å². The van der Waals surface area contributed by atoms with Gasteiger partial charge in [-0.25, -0.2) is 8.78 Å². The van der Waals surface area contributed by atoms with Crippen LogP contribution in [0.4, 0.5) is 8.78 Å². The van der Waals surface area contributed by atoms with Crippen LogP contribution in [-0.2, 0) is 0 Å². The SMILES string of the molecule is CCC(C)c1ccc(C(F)F)nc1. The molecule has 0 saturated carbocycles. The fraction of sp³-hybridized carbons (Fsp3) is 0.500. The molecule has 0 N–H and O–H groups in total. The third kappa shape index (κ3) is 2.47. The van der Waals surface area contributed by atoms with Crippen LogP contribution < -0.4 is 0 Å². The first-order valence-electron chi connectivity index (χ1n) is 4.39. The Kier molecular flexibility index (Phi) is 3.34. The summed E-state index contributed by atoms with van der Waals surface area (Å²) in [4.78, 5) is 3.70. The van der Waals surface area contributed by atoms with Gasteiger partial charge in [-0.3, -0.25) is 4.98 Å². The second kappa shape index (κ2) is 4.30. The van der Waals surface area contributed by atoms with Gasteiger partial charge in [0.1, 0.15) is 5.69 Å². The molecule has 1 aromatic heterocycles. The first kappa shape index (κ1) is 10.1. The van der Waals surface area contributed by atoms with Crippen molar-refractivity contribution in [1.29, 1.82) is 0 Å². The molecule has 3 heteroatoms. The number of pyridine rings is 1. The van der Waals surface area contributed by atoms with E-state index in [1.165, 1.54) is 12.3 Å². The first-order valence-corrected chi connectivity index (χ1v) is 4.39. The van der Waals surface area contributed by atoms with E-state index in [1.807, 2.05) is 0 Å². The van der Waals surface area contributed by atoms with Gasteiger partial charge in [0, 0.05) is 6.20 Å². The van der Waals surface area contributed by atoms with Crippen molar-refractivity contribution in [1.82, 2.24) is 4.98 Å². The summed E-state index contributed by atoms with van der Waals surface area (Å²) in [6.45, 7) is 4.12. The minimum Gasteiger partial charge on any atom is -0.255 e. The Hall–Kier alpha value is -0.990. The van der Waals surface area contributed by atoms with Gasteiger partial charge in [-0.15, -0.1) is 0 Å². The fourth-order valence-corrected chi connectivity index (χ4v) is 1.07. The molecule has 0 bridgehead atoms. The Morgan fingerprint density at radius 3 is 2.46 bits per heavy atom. The maximum atomic E-state index is 12.1. The van der Waals surface area contributed by atoms with Gasteiger partial charge < -0.3 is 0 Å². The highest BCUT2D eigenvalue weighted by Crippen LogP contribution is 2.21. The van der Waals surface area contributed by atoms with Gasteiger partial charge in [-0.2, -0.15) is 0 Å². The Morgan fingerprint density at radius 2 is 2.08 bits per heavy atom. The zero-order valence-electron chi connectivity index (χ0n) is 7.80. The number of nitrogens with zero attached hydrogens (tertiary/aromatic N) is 1. The van der Waals surface area contributed by atoms with E-state index >= 15 is 0 Å². The van der Waals surface area contributed by atoms with Crippen LogP contribution in [0.2, 0.25) is 0 Å². The number of rotatable bonds is 3. The molecule has 0 spiro atoms. The highest BCUT2D eigenvalue weighted by molar-refractivity contribution is 5.18. The minimum atomic E-state index is -2.47. The Balaban J connectivity index is 2.81. The number of hydrogen-bond acceptors (Lipinski definition) is 1. The van der Waals surface area contributed by atoms with Gasteiger partial charge in [0.2, 0.25) is 0 Å². The molecule has 0 aliphatic rings. The van der Waals surface area contributed by atoms with Crippen molar-refractivity contribution < 1.29 is 8.78 Å². The molecule has 0 saturated heterocycles. The lowest BCUT2D eigenvalue weighted by Gasteiger charge is -2.08. The maximum Gasteiger partial charge on any atom is 0.280 e. The Morgan fingerprint density at radius 1 is 1.38 bits per heavy atom. The van der Waals surface area contributed by atoms with E-state index in [0.717, 1.165) is 12.0 Å². The van der Waals surface area contributed by atoms with Gasteiger partial charge in [0.15, 0.2) is 0 Å². The van der Waals surface area contributed by atoms with E-state index in [4.69, 9.17) is 0 Å². The molecule has 0 aliphatic heterocycles. The molecular weight excluding hydrogens is 172 g/mol. The van der Waals surface area contributed by atoms with Crippen molar-refractivity contribution in [3.63, 3.8) is 0 Å². The zero-order chi connectivity index (χ0) is 9.84. The van der Waals surface area contributed by atoms with Crippen LogP contribution in [-0.4, -0.2) is 4.98 Å². The van der Waals surface area contributed by atoms with E-state index in [0.29, 0.717) is 5.92 Å². The average Bonchev–Trinajstić information content (AvgIpc) is 2.17. The summed E-state index contributed by atoms with van der Waals surface area (Å²) in [6.07, 6.45) is 0.0664. The predicted octanol–water partition coefficient (Wildman–Crippen LogP) is 3.53. The lowest BCUT2D eigenvalue weighted by atomic mass is 10.0. The van der Waals surface area contributed by atoms with Crippen LogP contribution in [0.25, 0.3) is 0 Å². The van der Waals surface area contributed by atoms with Crippen LogP contribution in [0.1, 0.15) is 43.9 Å². The molecule has 0 fully saturated rings. The third-order valence-electron chi connectivity index (χ3n) is 2.21. The summed E-state index contributed by atoms with van der Waals surface area (Å²) in [5, 5.41) is 0. The first-order chi connectivity index (χ1) is 6.15. The molecule has 0 aromatic carbocycles. The average molecular weight is 185 g/mol. The number of alkyl halides is 2. The summed E-state index contributed by atoms with van der Waals surface area (Å²) in [5.74, 6) is 0.388. The van der Waals surface area contributed by atoms with Crippen LogP contribution in [0.5, 0.6) is 0 Å². The molecule has 1 aromatic rings. The second-order valence-corrected chi connectivity index (χ2v) is 3.13. The molecule has 0 amide bonds. The van der Waals surface area contributed by atoms with Crippen molar-refractivity contribution in [2.24, 2.45) is 0 Å². The summed E-state index contributed by atoms with van der Waals surface area (Å²) in [6, 6.07) is 3.12. The van der Waals surface area contributed by atoms with Crippen LogP contribution in [0.3, 0.4) is 0 Å². The molecule has 0 aliphatic carbocycles. The Labute approximate surface area is 76.8 Å². The lowest BCUT2D eigenvalue weighted by molar-refractivity contribution is 0.146. The molecule has 1 rings (SSSR count). The molecule has 1 atom stereocenters. The number of halogens is 2. The van der Waals surface area contributed by atoms with Crippen LogP contribution in [0, 0.1) is 0 Å². The van der Waals surface area contributed by atoms with Crippen molar-refractivity contribution in [3.05, 3.63) is 29.6 Å². The second-order valence-electron chi connectivity index (χ2n) is 3.13. The minimum absolute atomic E-state index is 0.146. The molecule has 1 nitrogen and oxygen atoms in total. The van der Waals surface area contributed by atoms with Gasteiger partial charge in [-0.1, -0.05) is 19.9 Å². The van der Waals surface area contributed by atoms with Crippen molar-refractivity contribution >= 4 is 0 Å². The van der Waals surface area contributed by atoms with Crippen molar-refractivity contribution in [2.75, 3.05) is 0 Å². The normalized spacial score (nSPS) is 13.3. The number of hydrogen-bond donors (Lipinski definition) is 0. The smallest absolute Gasteiger partial charge is 0.255 e. The highest BCUT2D eigenvalue weighted by atomic mass is 19.3. The molecule has 0 radical (unpaired) electrons. The van der Waals surface area contributed by atoms with Crippen molar-refractivity contribution in [2.45, 2.75) is 32.6 Å². The van der Waals surface area contributed by atoms with Gasteiger partial charge in [-0.05, 0) is 24.0 Å². The predicted molar refractivity (Wildman–Crippen MR) is 47.9 cm³/mol. The Bertz CT molecular complexity index is 256. The quantitative estimate of drug-likeness (QED) is 0.701. The van der Waals surface area contributed by atoms with E-state index < -0.39 is 6.43 Å². The highest BCUT2D eigenvalue weighted by Gasteiger charge is 2.09. The summed E-state index contributed by atoms with van der Waals surface area (Å²) < 4.78 is 24.2. The topological polar surface area (TPSA) is 12.9 Å². The standard InChI is InChI=1S/C10H13F2N/c1-3-7(2)8-4-5-9(10(11)12)13-6-8/h4-7,10H,3H2,1-2H3. The van der Waals surface area contributed by atoms with Gasteiger partial charge in [0.05, 0.1) is 0 Å².